The van der Waals surface area contributed by atoms with Gasteiger partial charge in [-0.3, -0.25) is 4.90 Å². The number of hydrogen-bond acceptors (Lipinski definition) is 5. The molecule has 1 aliphatic heterocycles. The molecule has 0 unspecified atom stereocenters. The molecule has 4 rings (SSSR count). The van der Waals surface area contributed by atoms with Crippen molar-refractivity contribution in [2.75, 3.05) is 26.2 Å². The highest BCUT2D eigenvalue weighted by Crippen LogP contribution is 2.22. The number of benzene rings is 2. The molecule has 1 fully saturated rings. The van der Waals surface area contributed by atoms with Crippen molar-refractivity contribution in [2.45, 2.75) is 11.4 Å². The van der Waals surface area contributed by atoms with E-state index in [1.807, 2.05) is 24.3 Å². The van der Waals surface area contributed by atoms with Crippen LogP contribution in [0.3, 0.4) is 0 Å². The Morgan fingerprint density at radius 1 is 1.00 bits per heavy atom. The van der Waals surface area contributed by atoms with Crippen molar-refractivity contribution >= 4 is 21.0 Å². The summed E-state index contributed by atoms with van der Waals surface area (Å²) in [5.74, 6) is -2.24. The van der Waals surface area contributed by atoms with Crippen molar-refractivity contribution in [3.63, 3.8) is 0 Å². The molecule has 0 amide bonds. The predicted molar refractivity (Wildman–Crippen MR) is 94.4 cm³/mol. The summed E-state index contributed by atoms with van der Waals surface area (Å²) in [6.45, 7) is 2.08. The van der Waals surface area contributed by atoms with Crippen LogP contribution in [0, 0.1) is 11.6 Å². The summed E-state index contributed by atoms with van der Waals surface area (Å²) in [5.41, 5.74) is 1.52. The molecule has 142 valence electrons. The minimum Gasteiger partial charge on any atom is -0.356 e. The Labute approximate surface area is 155 Å². The first-order valence-electron chi connectivity index (χ1n) is 8.46. The average Bonchev–Trinajstić information content (AvgIpc) is 3.07. The van der Waals surface area contributed by atoms with E-state index in [0.717, 1.165) is 29.3 Å². The van der Waals surface area contributed by atoms with Gasteiger partial charge in [0.2, 0.25) is 10.0 Å². The normalized spacial score (nSPS) is 16.8. The minimum absolute atomic E-state index is 0.239. The molecular weight excluding hydrogens is 376 g/mol. The molecule has 0 radical (unpaired) electrons. The zero-order valence-electron chi connectivity index (χ0n) is 14.3. The van der Waals surface area contributed by atoms with E-state index < -0.39 is 21.7 Å². The van der Waals surface area contributed by atoms with Crippen LogP contribution in [0.15, 0.2) is 51.9 Å². The van der Waals surface area contributed by atoms with Crippen LogP contribution in [-0.2, 0) is 16.6 Å². The smallest absolute Gasteiger partial charge is 0.243 e. The van der Waals surface area contributed by atoms with Crippen LogP contribution in [0.5, 0.6) is 0 Å². The Morgan fingerprint density at radius 3 is 2.48 bits per heavy atom. The Bertz CT molecular complexity index is 1080. The van der Waals surface area contributed by atoms with Gasteiger partial charge >= 0.3 is 0 Å². The lowest BCUT2D eigenvalue weighted by Gasteiger charge is -2.33. The summed E-state index contributed by atoms with van der Waals surface area (Å²) < 4.78 is 58.3. The van der Waals surface area contributed by atoms with Crippen LogP contribution < -0.4 is 0 Å². The highest BCUT2D eigenvalue weighted by Gasteiger charge is 2.29. The molecule has 0 aliphatic carbocycles. The third-order valence-electron chi connectivity index (χ3n) is 4.69. The number of aromatic nitrogens is 1. The molecule has 0 saturated carbocycles. The maximum Gasteiger partial charge on any atom is 0.243 e. The Balaban J connectivity index is 1.44. The van der Waals surface area contributed by atoms with E-state index in [9.17, 15) is 17.2 Å². The van der Waals surface area contributed by atoms with Gasteiger partial charge in [-0.2, -0.15) is 4.31 Å². The minimum atomic E-state index is -3.86. The van der Waals surface area contributed by atoms with Crippen LogP contribution in [0.2, 0.25) is 0 Å². The monoisotopic (exact) mass is 393 g/mol. The van der Waals surface area contributed by atoms with Gasteiger partial charge in [0.1, 0.15) is 5.69 Å². The first kappa shape index (κ1) is 18.0. The summed E-state index contributed by atoms with van der Waals surface area (Å²) in [4.78, 5) is 1.85. The van der Waals surface area contributed by atoms with E-state index in [4.69, 9.17) is 4.52 Å². The maximum absolute atomic E-state index is 13.4. The molecule has 0 atom stereocenters. The number of nitrogens with zero attached hydrogens (tertiary/aromatic N) is 3. The van der Waals surface area contributed by atoms with Crippen molar-refractivity contribution in [2.24, 2.45) is 0 Å². The standard InChI is InChI=1S/C18H17F2N3O3S/c19-15-6-5-13(11-16(15)20)27(24,25)23-9-7-22(8-10-23)12-17-14-3-1-2-4-18(14)26-21-17/h1-6,11H,7-10,12H2. The fraction of sp³-hybridized carbons (Fsp3) is 0.278. The lowest BCUT2D eigenvalue weighted by molar-refractivity contribution is 0.178. The SMILES string of the molecule is O=S(=O)(c1ccc(F)c(F)c1)N1CCN(Cc2noc3ccccc23)CC1. The molecule has 2 heterocycles. The fourth-order valence-electron chi connectivity index (χ4n) is 3.18. The van der Waals surface area contributed by atoms with Gasteiger partial charge in [0, 0.05) is 38.1 Å². The molecule has 9 heteroatoms. The van der Waals surface area contributed by atoms with E-state index in [1.54, 1.807) is 0 Å². The number of sulfonamides is 1. The van der Waals surface area contributed by atoms with Gasteiger partial charge in [-0.1, -0.05) is 17.3 Å². The van der Waals surface area contributed by atoms with Crippen LogP contribution in [-0.4, -0.2) is 49.0 Å². The van der Waals surface area contributed by atoms with E-state index in [2.05, 4.69) is 10.1 Å². The average molecular weight is 393 g/mol. The third-order valence-corrected chi connectivity index (χ3v) is 6.58. The number of piperazine rings is 1. The molecule has 6 nitrogen and oxygen atoms in total. The largest absolute Gasteiger partial charge is 0.356 e. The van der Waals surface area contributed by atoms with E-state index >= 15 is 0 Å². The second kappa shape index (κ2) is 6.99. The van der Waals surface area contributed by atoms with Gasteiger partial charge < -0.3 is 4.52 Å². The van der Waals surface area contributed by atoms with Crippen LogP contribution in [0.25, 0.3) is 11.0 Å². The Kier molecular flexibility index (Phi) is 4.67. The summed E-state index contributed by atoms with van der Waals surface area (Å²) in [6, 6.07) is 10.2. The molecule has 3 aromatic rings. The first-order chi connectivity index (χ1) is 12.9. The highest BCUT2D eigenvalue weighted by atomic mass is 32.2. The molecule has 2 aromatic carbocycles. The summed E-state index contributed by atoms with van der Waals surface area (Å²) in [5, 5.41) is 5.04. The van der Waals surface area contributed by atoms with Crippen molar-refractivity contribution in [3.8, 4) is 0 Å². The molecule has 1 saturated heterocycles. The Hall–Kier alpha value is -2.36. The number of rotatable bonds is 4. The third kappa shape index (κ3) is 3.45. The Morgan fingerprint density at radius 2 is 1.74 bits per heavy atom. The van der Waals surface area contributed by atoms with Crippen molar-refractivity contribution in [1.29, 1.82) is 0 Å². The number of fused-ring (bicyclic) bond motifs is 1. The van der Waals surface area contributed by atoms with Gasteiger partial charge in [0.15, 0.2) is 17.2 Å². The van der Waals surface area contributed by atoms with E-state index in [-0.39, 0.29) is 18.0 Å². The fourth-order valence-corrected chi connectivity index (χ4v) is 4.61. The zero-order chi connectivity index (χ0) is 19.0. The van der Waals surface area contributed by atoms with Crippen LogP contribution >= 0.6 is 0 Å². The molecule has 0 bridgehead atoms. The number of hydrogen-bond donors (Lipinski definition) is 0. The topological polar surface area (TPSA) is 66.7 Å². The summed E-state index contributed by atoms with van der Waals surface area (Å²) in [6.07, 6.45) is 0. The second-order valence-corrected chi connectivity index (χ2v) is 8.32. The summed E-state index contributed by atoms with van der Waals surface area (Å²) >= 11 is 0. The lowest BCUT2D eigenvalue weighted by atomic mass is 10.2. The highest BCUT2D eigenvalue weighted by molar-refractivity contribution is 7.89. The first-order valence-corrected chi connectivity index (χ1v) is 9.90. The second-order valence-electron chi connectivity index (χ2n) is 6.38. The van der Waals surface area contributed by atoms with Crippen LogP contribution in [0.4, 0.5) is 8.78 Å². The summed E-state index contributed by atoms with van der Waals surface area (Å²) in [7, 11) is -3.86. The van der Waals surface area contributed by atoms with Gasteiger partial charge in [-0.05, 0) is 30.3 Å². The van der Waals surface area contributed by atoms with E-state index in [1.165, 1.54) is 4.31 Å². The lowest BCUT2D eigenvalue weighted by Crippen LogP contribution is -2.48. The van der Waals surface area contributed by atoms with Crippen molar-refractivity contribution in [3.05, 3.63) is 59.8 Å². The van der Waals surface area contributed by atoms with Gasteiger partial charge in [-0.15, -0.1) is 0 Å². The quantitative estimate of drug-likeness (QED) is 0.682. The van der Waals surface area contributed by atoms with Crippen LogP contribution in [0.1, 0.15) is 5.69 Å². The van der Waals surface area contributed by atoms with Gasteiger partial charge in [-0.25, -0.2) is 17.2 Å². The van der Waals surface area contributed by atoms with Crippen molar-refractivity contribution in [1.82, 2.24) is 14.4 Å². The molecule has 27 heavy (non-hydrogen) atoms. The molecule has 0 spiro atoms. The molecule has 0 N–H and O–H groups in total. The maximum atomic E-state index is 13.4. The molecule has 1 aromatic heterocycles. The van der Waals surface area contributed by atoms with Crippen molar-refractivity contribution < 1.29 is 21.7 Å². The predicted octanol–water partition coefficient (Wildman–Crippen LogP) is 2.61. The molecular formula is C18H17F2N3O3S. The van der Waals surface area contributed by atoms with Gasteiger partial charge in [0.05, 0.1) is 4.90 Å². The molecule has 1 aliphatic rings. The zero-order valence-corrected chi connectivity index (χ0v) is 15.1. The van der Waals surface area contributed by atoms with E-state index in [0.29, 0.717) is 25.2 Å². The number of para-hydroxylation sites is 1. The number of halogens is 2. The van der Waals surface area contributed by atoms with Gasteiger partial charge in [0.25, 0.3) is 0 Å².